The predicted octanol–water partition coefficient (Wildman–Crippen LogP) is 5.23. The second-order valence-corrected chi connectivity index (χ2v) is 5.79. The number of hydrogen-bond donors (Lipinski definition) is 1. The van der Waals surface area contributed by atoms with E-state index >= 15 is 0 Å². The van der Waals surface area contributed by atoms with Crippen molar-refractivity contribution in [2.75, 3.05) is 0 Å². The van der Waals surface area contributed by atoms with Gasteiger partial charge in [0.05, 0.1) is 0 Å². The van der Waals surface area contributed by atoms with Crippen molar-refractivity contribution in [2.45, 2.75) is 19.5 Å². The lowest BCUT2D eigenvalue weighted by molar-refractivity contribution is 0.518. The summed E-state index contributed by atoms with van der Waals surface area (Å²) in [5, 5.41) is 3.81. The van der Waals surface area contributed by atoms with E-state index in [4.69, 9.17) is 11.6 Å². The number of benzene rings is 2. The fourth-order valence-electron chi connectivity index (χ4n) is 1.88. The van der Waals surface area contributed by atoms with E-state index in [9.17, 15) is 8.78 Å². The Kier molecular flexibility index (Phi) is 5.13. The van der Waals surface area contributed by atoms with Crippen LogP contribution in [-0.2, 0) is 6.54 Å². The lowest BCUT2D eigenvalue weighted by atomic mass is 10.1. The average molecular weight is 361 g/mol. The SMILES string of the molecule is CC(NCc1ccc(Cl)cc1Br)c1cc(F)ccc1F. The van der Waals surface area contributed by atoms with Crippen LogP contribution in [-0.4, -0.2) is 0 Å². The minimum absolute atomic E-state index is 0.298. The maximum Gasteiger partial charge on any atom is 0.128 e. The summed E-state index contributed by atoms with van der Waals surface area (Å²) in [7, 11) is 0. The average Bonchev–Trinajstić information content (AvgIpc) is 2.40. The molecule has 1 unspecified atom stereocenters. The third-order valence-corrected chi connectivity index (χ3v) is 4.01. The smallest absolute Gasteiger partial charge is 0.128 e. The van der Waals surface area contributed by atoms with Crippen molar-refractivity contribution in [1.82, 2.24) is 5.32 Å². The molecule has 0 radical (unpaired) electrons. The van der Waals surface area contributed by atoms with Crippen LogP contribution in [0.2, 0.25) is 5.02 Å². The van der Waals surface area contributed by atoms with Crippen LogP contribution in [0.1, 0.15) is 24.1 Å². The van der Waals surface area contributed by atoms with Gasteiger partial charge >= 0.3 is 0 Å². The van der Waals surface area contributed by atoms with Gasteiger partial charge in [-0.2, -0.15) is 0 Å². The summed E-state index contributed by atoms with van der Waals surface area (Å²) < 4.78 is 27.7. The number of hydrogen-bond acceptors (Lipinski definition) is 1. The Morgan fingerprint density at radius 2 is 1.95 bits per heavy atom. The highest BCUT2D eigenvalue weighted by Gasteiger charge is 2.12. The Morgan fingerprint density at radius 1 is 1.20 bits per heavy atom. The molecule has 5 heteroatoms. The van der Waals surface area contributed by atoms with Gasteiger partial charge in [-0.05, 0) is 42.8 Å². The minimum Gasteiger partial charge on any atom is -0.306 e. The summed E-state index contributed by atoms with van der Waals surface area (Å²) in [5.74, 6) is -0.857. The third kappa shape index (κ3) is 3.78. The topological polar surface area (TPSA) is 12.0 Å². The lowest BCUT2D eigenvalue weighted by Crippen LogP contribution is -2.19. The fourth-order valence-corrected chi connectivity index (χ4v) is 2.71. The van der Waals surface area contributed by atoms with Crippen LogP contribution in [0.25, 0.3) is 0 Å². The van der Waals surface area contributed by atoms with Gasteiger partial charge in [-0.25, -0.2) is 8.78 Å². The van der Waals surface area contributed by atoms with Gasteiger partial charge in [-0.15, -0.1) is 0 Å². The van der Waals surface area contributed by atoms with Gasteiger partial charge < -0.3 is 5.32 Å². The van der Waals surface area contributed by atoms with Gasteiger partial charge in [0.2, 0.25) is 0 Å². The molecule has 106 valence electrons. The van der Waals surface area contributed by atoms with E-state index in [0.29, 0.717) is 17.1 Å². The van der Waals surface area contributed by atoms with Crippen molar-refractivity contribution in [3.8, 4) is 0 Å². The van der Waals surface area contributed by atoms with Gasteiger partial charge in [-0.1, -0.05) is 33.6 Å². The maximum absolute atomic E-state index is 13.6. The van der Waals surface area contributed by atoms with Crippen LogP contribution >= 0.6 is 27.5 Å². The van der Waals surface area contributed by atoms with Crippen LogP contribution in [0.3, 0.4) is 0 Å². The van der Waals surface area contributed by atoms with E-state index in [0.717, 1.165) is 22.2 Å². The molecular weight excluding hydrogens is 348 g/mol. The minimum atomic E-state index is -0.442. The molecule has 0 spiro atoms. The summed E-state index contributed by atoms with van der Waals surface area (Å²) in [5.41, 5.74) is 1.31. The number of halogens is 4. The number of nitrogens with one attached hydrogen (secondary N) is 1. The summed E-state index contributed by atoms with van der Waals surface area (Å²) in [6.45, 7) is 2.32. The molecule has 0 amide bonds. The Morgan fingerprint density at radius 3 is 2.65 bits per heavy atom. The maximum atomic E-state index is 13.6. The summed E-state index contributed by atoms with van der Waals surface area (Å²) in [6, 6.07) is 8.64. The fraction of sp³-hybridized carbons (Fsp3) is 0.200. The van der Waals surface area contributed by atoms with E-state index in [1.54, 1.807) is 19.1 Å². The molecule has 2 aromatic carbocycles. The van der Waals surface area contributed by atoms with Crippen molar-refractivity contribution < 1.29 is 8.78 Å². The van der Waals surface area contributed by atoms with E-state index in [1.165, 1.54) is 6.07 Å². The Bertz CT molecular complexity index is 619. The van der Waals surface area contributed by atoms with Gasteiger partial charge in [0.25, 0.3) is 0 Å². The first-order valence-corrected chi connectivity index (χ1v) is 7.26. The lowest BCUT2D eigenvalue weighted by Gasteiger charge is -2.16. The summed E-state index contributed by atoms with van der Waals surface area (Å²) >= 11 is 9.29. The van der Waals surface area contributed by atoms with Crippen molar-refractivity contribution in [2.24, 2.45) is 0 Å². The zero-order valence-electron chi connectivity index (χ0n) is 10.8. The van der Waals surface area contributed by atoms with Crippen molar-refractivity contribution in [1.29, 1.82) is 0 Å². The van der Waals surface area contributed by atoms with Gasteiger partial charge in [-0.3, -0.25) is 0 Å². The highest BCUT2D eigenvalue weighted by atomic mass is 79.9. The van der Waals surface area contributed by atoms with Crippen LogP contribution in [0.4, 0.5) is 8.78 Å². The molecule has 1 atom stereocenters. The molecule has 0 saturated heterocycles. The van der Waals surface area contributed by atoms with E-state index in [1.807, 2.05) is 6.07 Å². The standard InChI is InChI=1S/C15H13BrClF2N/c1-9(13-7-12(18)4-5-15(13)19)20-8-10-2-3-11(17)6-14(10)16/h2-7,9,20H,8H2,1H3. The first kappa shape index (κ1) is 15.4. The molecule has 20 heavy (non-hydrogen) atoms. The quantitative estimate of drug-likeness (QED) is 0.787. The third-order valence-electron chi connectivity index (χ3n) is 3.04. The molecule has 2 aromatic rings. The Balaban J connectivity index is 2.08. The van der Waals surface area contributed by atoms with E-state index in [2.05, 4.69) is 21.2 Å². The second kappa shape index (κ2) is 6.66. The van der Waals surface area contributed by atoms with E-state index < -0.39 is 11.6 Å². The highest BCUT2D eigenvalue weighted by Crippen LogP contribution is 2.23. The molecule has 1 nitrogen and oxygen atoms in total. The Labute approximate surface area is 130 Å². The number of rotatable bonds is 4. The molecule has 0 aliphatic carbocycles. The zero-order valence-corrected chi connectivity index (χ0v) is 13.1. The summed E-state index contributed by atoms with van der Waals surface area (Å²) in [6.07, 6.45) is 0. The molecule has 0 aliphatic heterocycles. The normalized spacial score (nSPS) is 12.4. The van der Waals surface area contributed by atoms with Crippen molar-refractivity contribution >= 4 is 27.5 Å². The predicted molar refractivity (Wildman–Crippen MR) is 80.8 cm³/mol. The molecular formula is C15H13BrClF2N. The van der Waals surface area contributed by atoms with Crippen LogP contribution in [0, 0.1) is 11.6 Å². The van der Waals surface area contributed by atoms with Crippen LogP contribution < -0.4 is 5.32 Å². The van der Waals surface area contributed by atoms with Crippen LogP contribution in [0.15, 0.2) is 40.9 Å². The Hall–Kier alpha value is -0.970. The second-order valence-electron chi connectivity index (χ2n) is 4.50. The monoisotopic (exact) mass is 359 g/mol. The van der Waals surface area contributed by atoms with Crippen molar-refractivity contribution in [3.63, 3.8) is 0 Å². The molecule has 2 rings (SSSR count). The first-order valence-electron chi connectivity index (χ1n) is 6.09. The molecule has 0 aliphatic rings. The van der Waals surface area contributed by atoms with Crippen molar-refractivity contribution in [3.05, 3.63) is 68.7 Å². The molecule has 0 bridgehead atoms. The van der Waals surface area contributed by atoms with Crippen LogP contribution in [0.5, 0.6) is 0 Å². The van der Waals surface area contributed by atoms with Gasteiger partial charge in [0.1, 0.15) is 11.6 Å². The van der Waals surface area contributed by atoms with E-state index in [-0.39, 0.29) is 6.04 Å². The molecule has 0 heterocycles. The molecule has 0 fully saturated rings. The molecule has 0 saturated carbocycles. The van der Waals surface area contributed by atoms with Gasteiger partial charge in [0.15, 0.2) is 0 Å². The van der Waals surface area contributed by atoms with Gasteiger partial charge in [0, 0.05) is 27.6 Å². The molecule has 0 aromatic heterocycles. The highest BCUT2D eigenvalue weighted by molar-refractivity contribution is 9.10. The largest absolute Gasteiger partial charge is 0.306 e. The zero-order chi connectivity index (χ0) is 14.7. The molecule has 1 N–H and O–H groups in total. The summed E-state index contributed by atoms with van der Waals surface area (Å²) in [4.78, 5) is 0. The first-order chi connectivity index (χ1) is 9.47.